The van der Waals surface area contributed by atoms with E-state index in [-0.39, 0.29) is 0 Å². The second kappa shape index (κ2) is 10.6. The van der Waals surface area contributed by atoms with Gasteiger partial charge in [-0.05, 0) is 32.7 Å². The van der Waals surface area contributed by atoms with Gasteiger partial charge in [0.05, 0.1) is 0 Å². The van der Waals surface area contributed by atoms with Crippen LogP contribution in [0.25, 0.3) is 0 Å². The molecular formula is C18H38N2. The van der Waals surface area contributed by atoms with Crippen molar-refractivity contribution in [3.8, 4) is 0 Å². The molecule has 0 aromatic carbocycles. The highest BCUT2D eigenvalue weighted by Gasteiger charge is 2.27. The molecule has 20 heavy (non-hydrogen) atoms. The van der Waals surface area contributed by atoms with Crippen LogP contribution in [0.2, 0.25) is 0 Å². The fraction of sp³-hybridized carbons (Fsp3) is 1.00. The molecule has 120 valence electrons. The van der Waals surface area contributed by atoms with E-state index >= 15 is 0 Å². The van der Waals surface area contributed by atoms with Crippen molar-refractivity contribution >= 4 is 0 Å². The Labute approximate surface area is 127 Å². The Bertz CT molecular complexity index is 209. The Morgan fingerprint density at radius 2 is 1.55 bits per heavy atom. The summed E-state index contributed by atoms with van der Waals surface area (Å²) in [7, 11) is 0. The topological polar surface area (TPSA) is 24.1 Å². The normalized spacial score (nSPS) is 19.6. The second-order valence-corrected chi connectivity index (χ2v) is 7.02. The lowest BCUT2D eigenvalue weighted by Crippen LogP contribution is -2.49. The minimum absolute atomic E-state index is 0.373. The van der Waals surface area contributed by atoms with Crippen LogP contribution in [0, 0.1) is 0 Å². The molecule has 1 atom stereocenters. The minimum atomic E-state index is 0.373. The molecule has 0 aliphatic carbocycles. The molecule has 2 nitrogen and oxygen atoms in total. The third kappa shape index (κ3) is 7.64. The lowest BCUT2D eigenvalue weighted by atomic mass is 9.87. The zero-order chi connectivity index (χ0) is 14.7. The molecule has 0 amide bonds. The molecule has 1 rings (SSSR count). The van der Waals surface area contributed by atoms with Gasteiger partial charge in [-0.2, -0.15) is 0 Å². The maximum atomic E-state index is 3.98. The van der Waals surface area contributed by atoms with E-state index in [4.69, 9.17) is 0 Å². The first-order valence-electron chi connectivity index (χ1n) is 9.18. The molecule has 0 aromatic heterocycles. The molecule has 1 aliphatic heterocycles. The van der Waals surface area contributed by atoms with Gasteiger partial charge in [0.25, 0.3) is 0 Å². The highest BCUT2D eigenvalue weighted by atomic mass is 15.1. The maximum absolute atomic E-state index is 3.98. The van der Waals surface area contributed by atoms with Gasteiger partial charge in [-0.25, -0.2) is 0 Å². The number of rotatable bonds is 12. The van der Waals surface area contributed by atoms with Crippen LogP contribution in [0.3, 0.4) is 0 Å². The molecule has 0 bridgehead atoms. The highest BCUT2D eigenvalue weighted by Crippen LogP contribution is 2.24. The summed E-state index contributed by atoms with van der Waals surface area (Å²) in [4.78, 5) is 0. The van der Waals surface area contributed by atoms with Crippen LogP contribution in [0.5, 0.6) is 0 Å². The molecular weight excluding hydrogens is 244 g/mol. The van der Waals surface area contributed by atoms with E-state index in [2.05, 4.69) is 31.4 Å². The Morgan fingerprint density at radius 3 is 2.00 bits per heavy atom. The standard InChI is InChI=1S/C18H38N2/c1-4-6-8-10-13-18(3,14-11-9-7-5-2)20-17-12-15-19-16-17/h17,19-20H,4-16H2,1-3H3. The third-order valence-electron chi connectivity index (χ3n) is 4.78. The Balaban J connectivity index is 2.33. The van der Waals surface area contributed by atoms with Crippen LogP contribution in [-0.4, -0.2) is 24.7 Å². The van der Waals surface area contributed by atoms with E-state index in [1.807, 2.05) is 0 Å². The predicted octanol–water partition coefficient (Wildman–Crippen LogP) is 4.64. The fourth-order valence-electron chi connectivity index (χ4n) is 3.42. The van der Waals surface area contributed by atoms with Crippen molar-refractivity contribution < 1.29 is 0 Å². The van der Waals surface area contributed by atoms with E-state index in [0.717, 1.165) is 0 Å². The lowest BCUT2D eigenvalue weighted by molar-refractivity contribution is 0.260. The summed E-state index contributed by atoms with van der Waals surface area (Å²) < 4.78 is 0. The summed E-state index contributed by atoms with van der Waals surface area (Å²) in [5.41, 5.74) is 0.373. The molecule has 2 heteroatoms. The van der Waals surface area contributed by atoms with Crippen LogP contribution in [-0.2, 0) is 0 Å². The molecule has 1 saturated heterocycles. The number of unbranched alkanes of at least 4 members (excludes halogenated alkanes) is 6. The molecule has 0 aromatic rings. The molecule has 1 fully saturated rings. The molecule has 1 heterocycles. The quantitative estimate of drug-likeness (QED) is 0.510. The predicted molar refractivity (Wildman–Crippen MR) is 90.3 cm³/mol. The fourth-order valence-corrected chi connectivity index (χ4v) is 3.42. The van der Waals surface area contributed by atoms with Crippen molar-refractivity contribution in [2.75, 3.05) is 13.1 Å². The van der Waals surface area contributed by atoms with Gasteiger partial charge in [0.15, 0.2) is 0 Å². The molecule has 0 saturated carbocycles. The van der Waals surface area contributed by atoms with Crippen molar-refractivity contribution in [3.63, 3.8) is 0 Å². The van der Waals surface area contributed by atoms with E-state index < -0.39 is 0 Å². The zero-order valence-electron chi connectivity index (χ0n) is 14.3. The van der Waals surface area contributed by atoms with Crippen molar-refractivity contribution in [1.29, 1.82) is 0 Å². The van der Waals surface area contributed by atoms with Gasteiger partial charge in [-0.1, -0.05) is 65.2 Å². The number of nitrogens with one attached hydrogen (secondary N) is 2. The largest absolute Gasteiger partial charge is 0.315 e. The first-order chi connectivity index (χ1) is 9.70. The summed E-state index contributed by atoms with van der Waals surface area (Å²) in [5, 5.41) is 7.47. The Morgan fingerprint density at radius 1 is 0.950 bits per heavy atom. The average molecular weight is 283 g/mol. The van der Waals surface area contributed by atoms with E-state index in [1.54, 1.807) is 0 Å². The van der Waals surface area contributed by atoms with Crippen molar-refractivity contribution in [1.82, 2.24) is 10.6 Å². The minimum Gasteiger partial charge on any atom is -0.315 e. The van der Waals surface area contributed by atoms with Gasteiger partial charge in [0.1, 0.15) is 0 Å². The van der Waals surface area contributed by atoms with Crippen LogP contribution >= 0.6 is 0 Å². The summed E-state index contributed by atoms with van der Waals surface area (Å²) in [6, 6.07) is 0.706. The van der Waals surface area contributed by atoms with E-state index in [0.29, 0.717) is 11.6 Å². The van der Waals surface area contributed by atoms with Crippen LogP contribution in [0.1, 0.15) is 91.4 Å². The van der Waals surface area contributed by atoms with Gasteiger partial charge in [-0.3, -0.25) is 0 Å². The number of hydrogen-bond donors (Lipinski definition) is 2. The molecule has 1 aliphatic rings. The van der Waals surface area contributed by atoms with Gasteiger partial charge in [0.2, 0.25) is 0 Å². The van der Waals surface area contributed by atoms with Crippen molar-refractivity contribution in [2.24, 2.45) is 0 Å². The zero-order valence-corrected chi connectivity index (χ0v) is 14.3. The highest BCUT2D eigenvalue weighted by molar-refractivity contribution is 4.89. The SMILES string of the molecule is CCCCCCC(C)(CCCCCC)NC1CCNC1. The average Bonchev–Trinajstić information content (AvgIpc) is 2.93. The van der Waals surface area contributed by atoms with Gasteiger partial charge in [0, 0.05) is 18.1 Å². The molecule has 2 N–H and O–H groups in total. The number of hydrogen-bond acceptors (Lipinski definition) is 2. The first-order valence-corrected chi connectivity index (χ1v) is 9.18. The van der Waals surface area contributed by atoms with Gasteiger partial charge < -0.3 is 10.6 Å². The lowest BCUT2D eigenvalue weighted by Gasteiger charge is -2.34. The molecule has 0 radical (unpaired) electrons. The van der Waals surface area contributed by atoms with Crippen LogP contribution in [0.15, 0.2) is 0 Å². The van der Waals surface area contributed by atoms with Crippen molar-refractivity contribution in [2.45, 2.75) is 103 Å². The summed E-state index contributed by atoms with van der Waals surface area (Å²) in [5.74, 6) is 0. The summed E-state index contributed by atoms with van der Waals surface area (Å²) >= 11 is 0. The van der Waals surface area contributed by atoms with E-state index in [9.17, 15) is 0 Å². The first kappa shape index (κ1) is 18.0. The van der Waals surface area contributed by atoms with Crippen LogP contribution < -0.4 is 10.6 Å². The second-order valence-electron chi connectivity index (χ2n) is 7.02. The Kier molecular flexibility index (Phi) is 9.54. The smallest absolute Gasteiger partial charge is 0.0209 e. The van der Waals surface area contributed by atoms with E-state index in [1.165, 1.54) is 83.7 Å². The maximum Gasteiger partial charge on any atom is 0.0209 e. The molecule has 1 unspecified atom stereocenters. The summed E-state index contributed by atoms with van der Waals surface area (Å²) in [6.45, 7) is 9.43. The summed E-state index contributed by atoms with van der Waals surface area (Å²) in [6.07, 6.45) is 15.1. The van der Waals surface area contributed by atoms with Gasteiger partial charge in [-0.15, -0.1) is 0 Å². The molecule has 0 spiro atoms. The Hall–Kier alpha value is -0.0800. The third-order valence-corrected chi connectivity index (χ3v) is 4.78. The monoisotopic (exact) mass is 282 g/mol. The van der Waals surface area contributed by atoms with Gasteiger partial charge >= 0.3 is 0 Å². The van der Waals surface area contributed by atoms with Crippen LogP contribution in [0.4, 0.5) is 0 Å². The van der Waals surface area contributed by atoms with Crippen molar-refractivity contribution in [3.05, 3.63) is 0 Å².